The molecule has 0 fully saturated rings. The molecule has 25 heavy (non-hydrogen) atoms. The lowest BCUT2D eigenvalue weighted by Crippen LogP contribution is -2.29. The number of hydrogen-bond donors (Lipinski definition) is 2. The van der Waals surface area contributed by atoms with Crippen LogP contribution in [0.1, 0.15) is 28.3 Å². The summed E-state index contributed by atoms with van der Waals surface area (Å²) in [4.78, 5) is 23.4. The van der Waals surface area contributed by atoms with Crippen LogP contribution in [0.3, 0.4) is 0 Å². The number of carboxylic acids is 1. The molecule has 0 aliphatic carbocycles. The fourth-order valence-corrected chi connectivity index (χ4v) is 3.07. The van der Waals surface area contributed by atoms with Crippen molar-refractivity contribution in [3.05, 3.63) is 67.6 Å². The maximum absolute atomic E-state index is 12.3. The predicted octanol–water partition coefficient (Wildman–Crippen LogP) is 5.29. The molecule has 1 unspecified atom stereocenters. The molecule has 2 N–H and O–H groups in total. The Balaban J connectivity index is 2.15. The van der Waals surface area contributed by atoms with E-state index in [0.717, 1.165) is 0 Å². The number of halogens is 4. The van der Waals surface area contributed by atoms with Gasteiger partial charge in [-0.15, -0.1) is 0 Å². The minimum atomic E-state index is -0.991. The van der Waals surface area contributed by atoms with Crippen LogP contribution in [0.25, 0.3) is 0 Å². The summed E-state index contributed by atoms with van der Waals surface area (Å²) in [6.45, 7) is 0.0993. The van der Waals surface area contributed by atoms with Gasteiger partial charge in [0, 0.05) is 17.5 Å². The van der Waals surface area contributed by atoms with Gasteiger partial charge in [0.05, 0.1) is 27.1 Å². The maximum Gasteiger partial charge on any atom is 0.304 e. The molecule has 8 heteroatoms. The first-order valence-electron chi connectivity index (χ1n) is 7.18. The molecule has 0 spiro atoms. The van der Waals surface area contributed by atoms with Crippen LogP contribution in [0.5, 0.6) is 0 Å². The molecule has 1 amide bonds. The van der Waals surface area contributed by atoms with Crippen LogP contribution in [0.2, 0.25) is 20.1 Å². The molecular weight excluding hydrogens is 408 g/mol. The molecular formula is C17H13Cl4NO3. The normalized spacial score (nSPS) is 11.8. The number of carbonyl (C=O) groups is 2. The van der Waals surface area contributed by atoms with Crippen LogP contribution in [-0.2, 0) is 4.79 Å². The first-order valence-corrected chi connectivity index (χ1v) is 8.69. The average molecular weight is 421 g/mol. The van der Waals surface area contributed by atoms with Crippen molar-refractivity contribution in [3.63, 3.8) is 0 Å². The summed E-state index contributed by atoms with van der Waals surface area (Å²) in [6.07, 6.45) is -0.174. The van der Waals surface area contributed by atoms with Gasteiger partial charge in [-0.05, 0) is 35.9 Å². The fraction of sp³-hybridized carbons (Fsp3) is 0.176. The molecule has 2 aromatic carbocycles. The predicted molar refractivity (Wildman–Crippen MR) is 100 cm³/mol. The van der Waals surface area contributed by atoms with Gasteiger partial charge in [0.2, 0.25) is 0 Å². The monoisotopic (exact) mass is 419 g/mol. The van der Waals surface area contributed by atoms with E-state index in [-0.39, 0.29) is 23.6 Å². The molecule has 0 radical (unpaired) electrons. The van der Waals surface area contributed by atoms with Crippen LogP contribution in [0, 0.1) is 0 Å². The third-order valence-corrected chi connectivity index (χ3v) is 4.81. The fourth-order valence-electron chi connectivity index (χ4n) is 2.27. The van der Waals surface area contributed by atoms with Gasteiger partial charge in [0.15, 0.2) is 0 Å². The van der Waals surface area contributed by atoms with Crippen molar-refractivity contribution in [3.8, 4) is 0 Å². The lowest BCUT2D eigenvalue weighted by Gasteiger charge is -2.17. The van der Waals surface area contributed by atoms with Crippen molar-refractivity contribution in [2.45, 2.75) is 12.3 Å². The van der Waals surface area contributed by atoms with E-state index in [1.807, 2.05) is 0 Å². The first kappa shape index (κ1) is 19.9. The summed E-state index contributed by atoms with van der Waals surface area (Å²) in [5.41, 5.74) is 0.925. The molecule has 0 aliphatic heterocycles. The van der Waals surface area contributed by atoms with Gasteiger partial charge in [-0.1, -0.05) is 52.5 Å². The number of nitrogens with one attached hydrogen (secondary N) is 1. The smallest absolute Gasteiger partial charge is 0.304 e. The number of aliphatic carboxylic acids is 1. The standard InChI is InChI=1S/C17H13Cl4NO3/c18-11-2-3-12(14(20)7-11)17(25)22-8-10(6-16(23)24)9-1-4-13(19)15(21)5-9/h1-5,7,10H,6,8H2,(H,22,25)(H,23,24). The Hall–Kier alpha value is -1.46. The van der Waals surface area contributed by atoms with Crippen molar-refractivity contribution >= 4 is 58.3 Å². The molecule has 0 aromatic heterocycles. The first-order chi connectivity index (χ1) is 11.8. The average Bonchev–Trinajstić information content (AvgIpc) is 2.53. The van der Waals surface area contributed by atoms with E-state index in [1.54, 1.807) is 24.3 Å². The highest BCUT2D eigenvalue weighted by molar-refractivity contribution is 6.42. The minimum Gasteiger partial charge on any atom is -0.481 e. The molecule has 0 saturated heterocycles. The number of amides is 1. The summed E-state index contributed by atoms with van der Waals surface area (Å²) in [7, 11) is 0. The number of rotatable bonds is 6. The van der Waals surface area contributed by atoms with E-state index in [4.69, 9.17) is 51.5 Å². The van der Waals surface area contributed by atoms with Gasteiger partial charge in [0.25, 0.3) is 5.91 Å². The lowest BCUT2D eigenvalue weighted by atomic mass is 9.95. The van der Waals surface area contributed by atoms with E-state index >= 15 is 0 Å². The molecule has 1 atom stereocenters. The van der Waals surface area contributed by atoms with Crippen LogP contribution < -0.4 is 5.32 Å². The molecule has 0 aliphatic rings. The Kier molecular flexibility index (Phi) is 6.96. The zero-order chi connectivity index (χ0) is 18.6. The molecule has 0 saturated carbocycles. The van der Waals surface area contributed by atoms with Crippen molar-refractivity contribution < 1.29 is 14.7 Å². The number of carboxylic acid groups (broad SMARTS) is 1. The highest BCUT2D eigenvalue weighted by Gasteiger charge is 2.19. The van der Waals surface area contributed by atoms with E-state index < -0.39 is 17.8 Å². The van der Waals surface area contributed by atoms with Crippen LogP contribution >= 0.6 is 46.4 Å². The highest BCUT2D eigenvalue weighted by atomic mass is 35.5. The largest absolute Gasteiger partial charge is 0.481 e. The van der Waals surface area contributed by atoms with E-state index in [9.17, 15) is 9.59 Å². The Morgan fingerprint density at radius 1 is 0.960 bits per heavy atom. The van der Waals surface area contributed by atoms with Crippen LogP contribution in [0.15, 0.2) is 36.4 Å². The number of hydrogen-bond acceptors (Lipinski definition) is 2. The number of benzene rings is 2. The molecule has 4 nitrogen and oxygen atoms in total. The number of carbonyl (C=O) groups excluding carboxylic acids is 1. The Bertz CT molecular complexity index is 810. The van der Waals surface area contributed by atoms with Crippen LogP contribution in [0.4, 0.5) is 0 Å². The van der Waals surface area contributed by atoms with E-state index in [2.05, 4.69) is 5.32 Å². The maximum atomic E-state index is 12.3. The summed E-state index contributed by atoms with van der Waals surface area (Å²) < 4.78 is 0. The lowest BCUT2D eigenvalue weighted by molar-refractivity contribution is -0.137. The van der Waals surface area contributed by atoms with Crippen molar-refractivity contribution in [2.75, 3.05) is 6.54 Å². The Morgan fingerprint density at radius 3 is 2.28 bits per heavy atom. The van der Waals surface area contributed by atoms with Gasteiger partial charge in [-0.2, -0.15) is 0 Å². The Labute approximate surface area is 164 Å². The molecule has 132 valence electrons. The zero-order valence-electron chi connectivity index (χ0n) is 12.7. The van der Waals surface area contributed by atoms with Crippen molar-refractivity contribution in [2.24, 2.45) is 0 Å². The highest BCUT2D eigenvalue weighted by Crippen LogP contribution is 2.28. The summed E-state index contributed by atoms with van der Waals surface area (Å²) in [5.74, 6) is -1.88. The van der Waals surface area contributed by atoms with Crippen molar-refractivity contribution in [1.82, 2.24) is 5.32 Å². The minimum absolute atomic E-state index is 0.0993. The second kappa shape index (κ2) is 8.77. The molecule has 2 rings (SSSR count). The third-order valence-electron chi connectivity index (χ3n) is 3.52. The SMILES string of the molecule is O=C(O)CC(CNC(=O)c1ccc(Cl)cc1Cl)c1ccc(Cl)c(Cl)c1. The molecule has 0 heterocycles. The third kappa shape index (κ3) is 5.51. The van der Waals surface area contributed by atoms with Gasteiger partial charge < -0.3 is 10.4 Å². The van der Waals surface area contributed by atoms with Gasteiger partial charge in [0.1, 0.15) is 0 Å². The van der Waals surface area contributed by atoms with Gasteiger partial charge in [-0.3, -0.25) is 9.59 Å². The van der Waals surface area contributed by atoms with E-state index in [1.165, 1.54) is 12.1 Å². The topological polar surface area (TPSA) is 66.4 Å². The molecule has 0 bridgehead atoms. The zero-order valence-corrected chi connectivity index (χ0v) is 15.8. The second-order valence-electron chi connectivity index (χ2n) is 5.30. The van der Waals surface area contributed by atoms with Crippen molar-refractivity contribution in [1.29, 1.82) is 0 Å². The van der Waals surface area contributed by atoms with Gasteiger partial charge >= 0.3 is 5.97 Å². The quantitative estimate of drug-likeness (QED) is 0.667. The van der Waals surface area contributed by atoms with E-state index in [0.29, 0.717) is 20.6 Å². The van der Waals surface area contributed by atoms with Gasteiger partial charge in [-0.25, -0.2) is 0 Å². The Morgan fingerprint density at radius 2 is 1.68 bits per heavy atom. The summed E-state index contributed by atoms with van der Waals surface area (Å²) in [6, 6.07) is 9.39. The second-order valence-corrected chi connectivity index (χ2v) is 6.96. The summed E-state index contributed by atoms with van der Waals surface area (Å²) >= 11 is 23.7. The summed E-state index contributed by atoms with van der Waals surface area (Å²) in [5, 5.41) is 13.1. The molecule has 2 aromatic rings. The van der Waals surface area contributed by atoms with Crippen LogP contribution in [-0.4, -0.2) is 23.5 Å².